The third-order valence-electron chi connectivity index (χ3n) is 7.16. The van der Waals surface area contributed by atoms with Crippen LogP contribution in [0.3, 0.4) is 0 Å². The zero-order chi connectivity index (χ0) is 25.0. The van der Waals surface area contributed by atoms with Crippen molar-refractivity contribution in [3.8, 4) is 6.07 Å². The molecule has 0 radical (unpaired) electrons. The second-order valence-electron chi connectivity index (χ2n) is 9.01. The number of hydrogen-bond acceptors (Lipinski definition) is 6. The number of hydrogen-bond donors (Lipinski definition) is 3. The predicted octanol–water partition coefficient (Wildman–Crippen LogP) is 3.65. The lowest BCUT2D eigenvalue weighted by atomic mass is 9.67. The largest absolute Gasteiger partial charge is 0.465 e. The van der Waals surface area contributed by atoms with E-state index in [2.05, 4.69) is 16.5 Å². The van der Waals surface area contributed by atoms with Crippen LogP contribution >= 0.6 is 0 Å². The van der Waals surface area contributed by atoms with E-state index < -0.39 is 29.4 Å². The second-order valence-corrected chi connectivity index (χ2v) is 9.01. The molecule has 2 fully saturated rings. The number of nitrogens with zero attached hydrogens (tertiary/aromatic N) is 4. The molecule has 0 aliphatic carbocycles. The maximum absolute atomic E-state index is 13.3. The van der Waals surface area contributed by atoms with Gasteiger partial charge < -0.3 is 25.8 Å². The van der Waals surface area contributed by atoms with Gasteiger partial charge in [0.1, 0.15) is 11.4 Å². The number of nitrogens with one attached hydrogen (secondary N) is 1. The second kappa shape index (κ2) is 10.3. The van der Waals surface area contributed by atoms with E-state index in [1.54, 1.807) is 0 Å². The van der Waals surface area contributed by atoms with Crippen molar-refractivity contribution in [3.05, 3.63) is 41.8 Å². The van der Waals surface area contributed by atoms with E-state index in [1.165, 1.54) is 40.0 Å². The highest BCUT2D eigenvalue weighted by Crippen LogP contribution is 2.48. The lowest BCUT2D eigenvalue weighted by molar-refractivity contribution is -0.0683. The maximum Gasteiger partial charge on any atom is 0.407 e. The molecule has 0 saturated carbocycles. The molecule has 2 saturated heterocycles. The van der Waals surface area contributed by atoms with Gasteiger partial charge in [0.2, 0.25) is 0 Å². The van der Waals surface area contributed by atoms with Crippen molar-refractivity contribution in [2.75, 3.05) is 25.1 Å². The Labute approximate surface area is 202 Å². The normalized spacial score (nSPS) is 21.8. The van der Waals surface area contributed by atoms with Crippen LogP contribution in [0.15, 0.2) is 30.5 Å². The van der Waals surface area contributed by atoms with Gasteiger partial charge in [0.05, 0.1) is 24.1 Å². The van der Waals surface area contributed by atoms with Gasteiger partial charge in [0.15, 0.2) is 5.82 Å². The predicted molar refractivity (Wildman–Crippen MR) is 125 cm³/mol. The van der Waals surface area contributed by atoms with Crippen LogP contribution in [0.5, 0.6) is 0 Å². The van der Waals surface area contributed by atoms with Gasteiger partial charge >= 0.3 is 6.09 Å². The number of carbonyl (C=O) groups excluding carboxylic acids is 1. The fourth-order valence-corrected chi connectivity index (χ4v) is 5.62. The molecule has 3 heterocycles. The minimum Gasteiger partial charge on any atom is -0.465 e. The first-order valence-electron chi connectivity index (χ1n) is 11.7. The van der Waals surface area contributed by atoms with Crippen molar-refractivity contribution in [2.45, 2.75) is 50.1 Å². The first-order valence-corrected chi connectivity index (χ1v) is 11.7. The Balaban J connectivity index is 1.81. The number of nitriles is 1. The van der Waals surface area contributed by atoms with E-state index >= 15 is 0 Å². The summed E-state index contributed by atoms with van der Waals surface area (Å²) in [5, 5.41) is 27.6. The third kappa shape index (κ3) is 4.79. The van der Waals surface area contributed by atoms with E-state index in [0.717, 1.165) is 12.8 Å². The Hall–Kier alpha value is -3.65. The molecule has 1 aromatic heterocycles. The first kappa shape index (κ1) is 24.5. The number of nitrogens with two attached hydrogens (primary N) is 1. The highest BCUT2D eigenvalue weighted by atomic mass is 19.1. The maximum atomic E-state index is 13.3. The van der Waals surface area contributed by atoms with E-state index in [-0.39, 0.29) is 23.7 Å². The molecule has 35 heavy (non-hydrogen) atoms. The quantitative estimate of drug-likeness (QED) is 0.543. The monoisotopic (exact) mass is 484 g/mol. The number of primary amides is 1. The van der Waals surface area contributed by atoms with Gasteiger partial charge in [-0.2, -0.15) is 10.4 Å². The van der Waals surface area contributed by atoms with Gasteiger partial charge in [-0.15, -0.1) is 0 Å². The van der Waals surface area contributed by atoms with E-state index in [1.807, 2.05) is 0 Å². The lowest BCUT2D eigenvalue weighted by Gasteiger charge is -2.54. The van der Waals surface area contributed by atoms with E-state index in [4.69, 9.17) is 10.5 Å². The molecule has 2 atom stereocenters. The average molecular weight is 485 g/mol. The zero-order valence-corrected chi connectivity index (χ0v) is 19.3. The lowest BCUT2D eigenvalue weighted by Crippen LogP contribution is -2.63. The molecule has 4 rings (SSSR count). The van der Waals surface area contributed by atoms with Gasteiger partial charge in [-0.05, 0) is 62.3 Å². The summed E-state index contributed by atoms with van der Waals surface area (Å²) in [4.78, 5) is 26.2. The Morgan fingerprint density at radius 1 is 1.31 bits per heavy atom. The van der Waals surface area contributed by atoms with Crippen molar-refractivity contribution >= 4 is 23.5 Å². The molecule has 1 aromatic carbocycles. The highest BCUT2D eigenvalue weighted by molar-refractivity contribution is 5.98. The summed E-state index contributed by atoms with van der Waals surface area (Å²) >= 11 is 0. The number of halogens is 1. The van der Waals surface area contributed by atoms with Crippen molar-refractivity contribution in [1.29, 1.82) is 5.26 Å². The number of carbonyl (C=O) groups is 2. The molecule has 2 aromatic rings. The fraction of sp³-hybridized carbons (Fsp3) is 0.500. The minimum atomic E-state index is -1.04. The molecule has 0 bridgehead atoms. The molecule has 11 heteroatoms. The topological polar surface area (TPSA) is 146 Å². The Morgan fingerprint density at radius 2 is 2.03 bits per heavy atom. The number of anilines is 2. The Morgan fingerprint density at radius 3 is 2.66 bits per heavy atom. The van der Waals surface area contributed by atoms with Gasteiger partial charge in [-0.25, -0.2) is 9.18 Å². The van der Waals surface area contributed by atoms with E-state index in [9.17, 15) is 24.3 Å². The summed E-state index contributed by atoms with van der Waals surface area (Å²) in [5.74, 6) is -1.02. The van der Waals surface area contributed by atoms with Crippen LogP contribution in [0.1, 0.15) is 54.9 Å². The number of ether oxygens (including phenoxy) is 1. The average Bonchev–Trinajstić information content (AvgIpc) is 3.28. The zero-order valence-electron chi connectivity index (χ0n) is 19.3. The van der Waals surface area contributed by atoms with Crippen molar-refractivity contribution in [3.63, 3.8) is 0 Å². The van der Waals surface area contributed by atoms with Crippen LogP contribution in [0, 0.1) is 23.1 Å². The summed E-state index contributed by atoms with van der Waals surface area (Å²) in [6, 6.07) is 7.12. The number of aromatic nitrogens is 2. The van der Waals surface area contributed by atoms with Crippen LogP contribution in [0.25, 0.3) is 0 Å². The summed E-state index contributed by atoms with van der Waals surface area (Å²) in [5.41, 5.74) is 5.33. The fourth-order valence-electron chi connectivity index (χ4n) is 5.62. The molecule has 4 N–H and O–H groups in total. The number of piperidine rings is 1. The number of likely N-dealkylation sites (tertiary alicyclic amines) is 1. The van der Waals surface area contributed by atoms with Gasteiger partial charge in [0.25, 0.3) is 5.91 Å². The Bertz CT molecular complexity index is 1110. The van der Waals surface area contributed by atoms with Gasteiger partial charge in [-0.3, -0.25) is 9.48 Å². The smallest absolute Gasteiger partial charge is 0.407 e. The summed E-state index contributed by atoms with van der Waals surface area (Å²) in [6.45, 7) is 1.39. The van der Waals surface area contributed by atoms with Crippen molar-refractivity contribution < 1.29 is 23.8 Å². The summed E-state index contributed by atoms with van der Waals surface area (Å²) in [6.07, 6.45) is 3.89. The first-order chi connectivity index (χ1) is 16.9. The number of rotatable bonds is 7. The molecule has 2 amide bonds. The van der Waals surface area contributed by atoms with Crippen LogP contribution < -0.4 is 11.1 Å². The number of amides is 2. The summed E-state index contributed by atoms with van der Waals surface area (Å²) < 4.78 is 20.4. The Kier molecular flexibility index (Phi) is 7.21. The van der Waals surface area contributed by atoms with Crippen molar-refractivity contribution in [1.82, 2.24) is 14.7 Å². The van der Waals surface area contributed by atoms with Crippen LogP contribution in [-0.2, 0) is 4.74 Å². The van der Waals surface area contributed by atoms with E-state index in [0.29, 0.717) is 44.7 Å². The van der Waals surface area contributed by atoms with Crippen molar-refractivity contribution in [2.24, 2.45) is 11.7 Å². The SMILES string of the molecule is N#CCC(n1cc(C(N)=O)c(Nc2ccc(F)cc2)n1)C1(C2CCOCC2)CCCCN1C(=O)O. The molecule has 2 aliphatic heterocycles. The molecular formula is C24H29FN6O4. The van der Waals surface area contributed by atoms with Gasteiger partial charge in [0, 0.05) is 31.6 Å². The molecule has 10 nitrogen and oxygen atoms in total. The van der Waals surface area contributed by atoms with Crippen LogP contribution in [0.2, 0.25) is 0 Å². The highest BCUT2D eigenvalue weighted by Gasteiger charge is 2.54. The molecule has 2 aliphatic rings. The minimum absolute atomic E-state index is 0.00297. The van der Waals surface area contributed by atoms with Gasteiger partial charge in [-0.1, -0.05) is 0 Å². The molecular weight excluding hydrogens is 455 g/mol. The van der Waals surface area contributed by atoms with Crippen LogP contribution in [-0.4, -0.2) is 57.1 Å². The third-order valence-corrected chi connectivity index (χ3v) is 7.16. The summed E-state index contributed by atoms with van der Waals surface area (Å²) in [7, 11) is 0. The van der Waals surface area contributed by atoms with Crippen LogP contribution in [0.4, 0.5) is 20.7 Å². The standard InChI is InChI=1S/C24H29FN6O4/c25-17-3-5-18(6-4-17)28-22-19(21(27)32)15-31(29-22)20(7-11-26)24(16-8-13-35-14-9-16)10-1-2-12-30(24)23(33)34/h3-6,15-16,20H,1-2,7-10,12-14H2,(H2,27,32)(H,28,29)(H,33,34). The molecule has 0 spiro atoms. The molecule has 186 valence electrons. The number of benzene rings is 1. The number of carboxylic acid groups (broad SMARTS) is 1. The molecule has 2 unspecified atom stereocenters.